The molecule has 0 fully saturated rings. The molecule has 1 heteroatoms. The number of furan rings is 1. The van der Waals surface area contributed by atoms with E-state index >= 15 is 0 Å². The monoisotopic (exact) mass is 536 g/mol. The van der Waals surface area contributed by atoms with E-state index in [-0.39, 0.29) is 5.41 Å². The van der Waals surface area contributed by atoms with Gasteiger partial charge in [-0.2, -0.15) is 0 Å². The van der Waals surface area contributed by atoms with Gasteiger partial charge in [0.15, 0.2) is 0 Å². The summed E-state index contributed by atoms with van der Waals surface area (Å²) in [6, 6.07) is 48.6. The van der Waals surface area contributed by atoms with Crippen LogP contribution < -0.4 is 0 Å². The quantitative estimate of drug-likeness (QED) is 0.214. The summed E-state index contributed by atoms with van der Waals surface area (Å²) in [5.41, 5.74) is 12.2. The van der Waals surface area contributed by atoms with Gasteiger partial charge in [0.2, 0.25) is 0 Å². The molecule has 0 radical (unpaired) electrons. The average molecular weight is 537 g/mol. The van der Waals surface area contributed by atoms with Crippen LogP contribution in [0.2, 0.25) is 0 Å². The maximum atomic E-state index is 6.51. The minimum absolute atomic E-state index is 0.111. The third kappa shape index (κ3) is 3.14. The van der Waals surface area contributed by atoms with Gasteiger partial charge in [-0.15, -0.1) is 0 Å². The maximum absolute atomic E-state index is 6.51. The first-order chi connectivity index (χ1) is 20.6. The highest BCUT2D eigenvalue weighted by Crippen LogP contribution is 2.53. The minimum atomic E-state index is -0.111. The van der Waals surface area contributed by atoms with Gasteiger partial charge in [0, 0.05) is 21.6 Å². The summed E-state index contributed by atoms with van der Waals surface area (Å²) in [5, 5.41) is 7.33. The molecule has 0 aliphatic heterocycles. The molecule has 0 spiro atoms. The van der Waals surface area contributed by atoms with Gasteiger partial charge in [0.25, 0.3) is 0 Å². The Morgan fingerprint density at radius 1 is 0.476 bits per heavy atom. The first kappa shape index (κ1) is 23.6. The van der Waals surface area contributed by atoms with Crippen molar-refractivity contribution in [3.05, 3.63) is 145 Å². The zero-order valence-electron chi connectivity index (χ0n) is 23.6. The topological polar surface area (TPSA) is 13.1 Å². The molecule has 1 nitrogen and oxygen atoms in total. The lowest BCUT2D eigenvalue weighted by atomic mass is 9.81. The lowest BCUT2D eigenvalue weighted by molar-refractivity contribution is 0.661. The predicted octanol–water partition coefficient (Wildman–Crippen LogP) is 11.5. The maximum Gasteiger partial charge on any atom is 0.143 e. The van der Waals surface area contributed by atoms with Crippen molar-refractivity contribution in [1.29, 1.82) is 0 Å². The summed E-state index contributed by atoms with van der Waals surface area (Å²) >= 11 is 0. The standard InChI is InChI=1S/C41H28O/c1-41(2)35-23-22-31-28(25-10-4-3-5-11-25)14-8-16-32(31)38(35)33-20-19-27(24-36(33)41)29-15-9-17-37-39(29)34-21-18-26-12-6-7-13-30(26)40(34)42-37/h3-24H,1-2H3. The minimum Gasteiger partial charge on any atom is -0.455 e. The Kier molecular flexibility index (Phi) is 4.73. The second-order valence-corrected chi connectivity index (χ2v) is 12.1. The summed E-state index contributed by atoms with van der Waals surface area (Å²) in [6.07, 6.45) is 0. The number of fused-ring (bicyclic) bond motifs is 10. The zero-order chi connectivity index (χ0) is 28.0. The van der Waals surface area contributed by atoms with Gasteiger partial charge in [0.05, 0.1) is 0 Å². The van der Waals surface area contributed by atoms with Crippen LogP contribution >= 0.6 is 0 Å². The fourth-order valence-corrected chi connectivity index (χ4v) is 7.42. The molecule has 0 bridgehead atoms. The van der Waals surface area contributed by atoms with Gasteiger partial charge in [-0.1, -0.05) is 129 Å². The molecule has 42 heavy (non-hydrogen) atoms. The van der Waals surface area contributed by atoms with Crippen LogP contribution in [0.3, 0.4) is 0 Å². The van der Waals surface area contributed by atoms with Gasteiger partial charge < -0.3 is 4.42 Å². The summed E-state index contributed by atoms with van der Waals surface area (Å²) < 4.78 is 6.51. The van der Waals surface area contributed by atoms with Crippen LogP contribution in [-0.2, 0) is 5.41 Å². The lowest BCUT2D eigenvalue weighted by Crippen LogP contribution is -2.15. The molecule has 0 amide bonds. The van der Waals surface area contributed by atoms with Crippen molar-refractivity contribution < 1.29 is 4.42 Å². The predicted molar refractivity (Wildman–Crippen MR) is 177 cm³/mol. The van der Waals surface area contributed by atoms with E-state index in [0.717, 1.165) is 16.6 Å². The molecule has 9 rings (SSSR count). The van der Waals surface area contributed by atoms with E-state index in [0.29, 0.717) is 0 Å². The molecular formula is C41H28O. The average Bonchev–Trinajstić information content (AvgIpc) is 3.54. The second kappa shape index (κ2) is 8.44. The Labute approximate surface area is 244 Å². The van der Waals surface area contributed by atoms with E-state index in [2.05, 4.69) is 147 Å². The molecule has 7 aromatic carbocycles. The Balaban J connectivity index is 1.27. The third-order valence-corrected chi connectivity index (χ3v) is 9.48. The molecule has 0 unspecified atom stereocenters. The summed E-state index contributed by atoms with van der Waals surface area (Å²) in [5.74, 6) is 0. The van der Waals surface area contributed by atoms with E-state index in [1.807, 2.05) is 0 Å². The third-order valence-electron chi connectivity index (χ3n) is 9.48. The normalized spacial score (nSPS) is 13.7. The molecule has 0 N–H and O–H groups in total. The Morgan fingerprint density at radius 2 is 1.24 bits per heavy atom. The van der Waals surface area contributed by atoms with Crippen LogP contribution in [-0.4, -0.2) is 0 Å². The second-order valence-electron chi connectivity index (χ2n) is 12.1. The van der Waals surface area contributed by atoms with Crippen molar-refractivity contribution in [2.75, 3.05) is 0 Å². The Morgan fingerprint density at radius 3 is 2.14 bits per heavy atom. The van der Waals surface area contributed by atoms with Crippen LogP contribution in [0.5, 0.6) is 0 Å². The van der Waals surface area contributed by atoms with Crippen molar-refractivity contribution in [2.24, 2.45) is 0 Å². The SMILES string of the molecule is CC1(C)c2cc(-c3cccc4oc5c6ccccc6ccc5c34)ccc2-c2c1ccc1c(-c3ccccc3)cccc21. The van der Waals surface area contributed by atoms with Crippen LogP contribution in [0.1, 0.15) is 25.0 Å². The molecule has 0 atom stereocenters. The number of hydrogen-bond acceptors (Lipinski definition) is 1. The van der Waals surface area contributed by atoms with Crippen LogP contribution in [0, 0.1) is 0 Å². The van der Waals surface area contributed by atoms with Crippen molar-refractivity contribution in [3.63, 3.8) is 0 Å². The Bertz CT molecular complexity index is 2370. The Hall–Kier alpha value is -5.14. The number of rotatable bonds is 2. The highest BCUT2D eigenvalue weighted by molar-refractivity contribution is 6.19. The molecule has 1 aromatic heterocycles. The first-order valence-electron chi connectivity index (χ1n) is 14.7. The number of benzene rings is 7. The van der Waals surface area contributed by atoms with Crippen molar-refractivity contribution in [2.45, 2.75) is 19.3 Å². The first-order valence-corrected chi connectivity index (χ1v) is 14.7. The fraction of sp³-hybridized carbons (Fsp3) is 0.0732. The molecule has 1 aliphatic carbocycles. The van der Waals surface area contributed by atoms with Crippen molar-refractivity contribution in [3.8, 4) is 33.4 Å². The van der Waals surface area contributed by atoms with Gasteiger partial charge >= 0.3 is 0 Å². The molecule has 8 aromatic rings. The van der Waals surface area contributed by atoms with E-state index in [4.69, 9.17) is 4.42 Å². The largest absolute Gasteiger partial charge is 0.455 e. The van der Waals surface area contributed by atoms with Gasteiger partial charge in [0.1, 0.15) is 11.2 Å². The highest BCUT2D eigenvalue weighted by Gasteiger charge is 2.37. The van der Waals surface area contributed by atoms with Crippen molar-refractivity contribution in [1.82, 2.24) is 0 Å². The van der Waals surface area contributed by atoms with Crippen LogP contribution in [0.25, 0.3) is 76.9 Å². The van der Waals surface area contributed by atoms with Gasteiger partial charge in [-0.3, -0.25) is 0 Å². The van der Waals surface area contributed by atoms with E-state index in [1.54, 1.807) is 0 Å². The highest BCUT2D eigenvalue weighted by atomic mass is 16.3. The number of hydrogen-bond donors (Lipinski definition) is 0. The molecular weight excluding hydrogens is 508 g/mol. The molecule has 1 heterocycles. The van der Waals surface area contributed by atoms with E-state index in [9.17, 15) is 0 Å². The molecule has 198 valence electrons. The van der Waals surface area contributed by atoms with Crippen LogP contribution in [0.15, 0.2) is 138 Å². The molecule has 0 saturated heterocycles. The summed E-state index contributed by atoms with van der Waals surface area (Å²) in [7, 11) is 0. The fourth-order valence-electron chi connectivity index (χ4n) is 7.42. The molecule has 1 aliphatic rings. The van der Waals surface area contributed by atoms with Gasteiger partial charge in [-0.25, -0.2) is 0 Å². The van der Waals surface area contributed by atoms with Crippen molar-refractivity contribution >= 4 is 43.5 Å². The van der Waals surface area contributed by atoms with E-state index in [1.165, 1.54) is 71.4 Å². The summed E-state index contributed by atoms with van der Waals surface area (Å²) in [4.78, 5) is 0. The zero-order valence-corrected chi connectivity index (χ0v) is 23.6. The van der Waals surface area contributed by atoms with Crippen LogP contribution in [0.4, 0.5) is 0 Å². The smallest absolute Gasteiger partial charge is 0.143 e. The van der Waals surface area contributed by atoms with Gasteiger partial charge in [-0.05, 0) is 78.9 Å². The van der Waals surface area contributed by atoms with E-state index < -0.39 is 0 Å². The molecule has 0 saturated carbocycles. The summed E-state index contributed by atoms with van der Waals surface area (Å²) in [6.45, 7) is 4.74. The lowest BCUT2D eigenvalue weighted by Gasteiger charge is -2.22.